The summed E-state index contributed by atoms with van der Waals surface area (Å²) in [6.07, 6.45) is 6.69. The summed E-state index contributed by atoms with van der Waals surface area (Å²) in [7, 11) is 0. The summed E-state index contributed by atoms with van der Waals surface area (Å²) in [6, 6.07) is 7.55. The van der Waals surface area contributed by atoms with Gasteiger partial charge in [-0.1, -0.05) is 6.07 Å². The van der Waals surface area contributed by atoms with Gasteiger partial charge in [0.25, 0.3) is 0 Å². The molecule has 3 fully saturated rings. The number of amides is 1. The summed E-state index contributed by atoms with van der Waals surface area (Å²) >= 11 is 0. The maximum absolute atomic E-state index is 14.7. The third kappa shape index (κ3) is 4.35. The number of rotatable bonds is 3. The normalized spacial score (nSPS) is 31.8. The van der Waals surface area contributed by atoms with Gasteiger partial charge in [-0.05, 0) is 63.0 Å². The summed E-state index contributed by atoms with van der Waals surface area (Å²) < 4.78 is 27.0. The second kappa shape index (κ2) is 8.99. The predicted octanol–water partition coefficient (Wildman–Crippen LogP) is 3.51. The maximum Gasteiger partial charge on any atom is 0.226 e. The molecule has 1 saturated heterocycles. The molecule has 7 heteroatoms. The largest absolute Gasteiger partial charge is 0.493 e. The molecular weight excluding hydrogens is 409 g/mol. The van der Waals surface area contributed by atoms with E-state index in [0.29, 0.717) is 31.0 Å². The van der Waals surface area contributed by atoms with Crippen LogP contribution < -0.4 is 10.1 Å². The van der Waals surface area contributed by atoms with Crippen molar-refractivity contribution in [2.75, 3.05) is 26.3 Å². The summed E-state index contributed by atoms with van der Waals surface area (Å²) in [5.74, 6) is 0.528. The number of nitrogens with zero attached hydrogens (tertiary/aromatic N) is 2. The van der Waals surface area contributed by atoms with E-state index in [2.05, 4.69) is 11.4 Å². The molecule has 0 unspecified atom stereocenters. The Labute approximate surface area is 189 Å². The van der Waals surface area contributed by atoms with Gasteiger partial charge in [-0.15, -0.1) is 0 Å². The van der Waals surface area contributed by atoms with E-state index in [4.69, 9.17) is 9.47 Å². The summed E-state index contributed by atoms with van der Waals surface area (Å²) in [5.41, 5.74) is 0.444. The lowest BCUT2D eigenvalue weighted by Crippen LogP contribution is -2.49. The van der Waals surface area contributed by atoms with E-state index in [1.807, 2.05) is 11.0 Å². The van der Waals surface area contributed by atoms with Crippen molar-refractivity contribution in [3.63, 3.8) is 0 Å². The van der Waals surface area contributed by atoms with Crippen LogP contribution in [0.25, 0.3) is 0 Å². The average molecular weight is 442 g/mol. The Morgan fingerprint density at radius 2 is 2.03 bits per heavy atom. The molecule has 0 aromatic heterocycles. The Kier molecular flexibility index (Phi) is 6.09. The fourth-order valence-corrected chi connectivity index (χ4v) is 5.60. The number of carbonyl (C=O) groups excluding carboxylic acids is 1. The van der Waals surface area contributed by atoms with Crippen molar-refractivity contribution in [3.05, 3.63) is 29.6 Å². The lowest BCUT2D eigenvalue weighted by Gasteiger charge is -2.34. The van der Waals surface area contributed by atoms with Crippen molar-refractivity contribution < 1.29 is 18.7 Å². The van der Waals surface area contributed by atoms with Crippen LogP contribution in [0.4, 0.5) is 4.39 Å². The van der Waals surface area contributed by atoms with Crippen LogP contribution in [0.1, 0.15) is 62.8 Å². The highest BCUT2D eigenvalue weighted by molar-refractivity contribution is 5.77. The molecular formula is C25H32FN3O3. The van der Waals surface area contributed by atoms with Gasteiger partial charge in [0.15, 0.2) is 0 Å². The first-order valence-corrected chi connectivity index (χ1v) is 12.1. The number of hydrogen-bond donors (Lipinski definition) is 1. The smallest absolute Gasteiger partial charge is 0.226 e. The second-order valence-corrected chi connectivity index (χ2v) is 9.88. The van der Waals surface area contributed by atoms with E-state index < -0.39 is 0 Å². The van der Waals surface area contributed by atoms with Crippen molar-refractivity contribution in [2.24, 2.45) is 5.41 Å². The van der Waals surface area contributed by atoms with Crippen LogP contribution in [0, 0.1) is 22.6 Å². The van der Waals surface area contributed by atoms with E-state index in [1.54, 1.807) is 6.07 Å². The fraction of sp³-hybridized carbons (Fsp3) is 0.680. The molecule has 2 saturated carbocycles. The van der Waals surface area contributed by atoms with Crippen LogP contribution in [-0.2, 0) is 9.53 Å². The minimum atomic E-state index is -0.218. The minimum absolute atomic E-state index is 0.0256. The van der Waals surface area contributed by atoms with Gasteiger partial charge in [0.2, 0.25) is 5.91 Å². The molecule has 1 amide bonds. The van der Waals surface area contributed by atoms with Crippen LogP contribution in [0.3, 0.4) is 0 Å². The monoisotopic (exact) mass is 441 g/mol. The molecule has 2 atom stereocenters. The molecule has 2 aliphatic carbocycles. The van der Waals surface area contributed by atoms with Gasteiger partial charge in [-0.25, -0.2) is 4.39 Å². The first kappa shape index (κ1) is 21.7. The van der Waals surface area contributed by atoms with Crippen LogP contribution in [0.2, 0.25) is 0 Å². The third-order valence-electron chi connectivity index (χ3n) is 7.83. The molecule has 172 valence electrons. The molecule has 6 rings (SSSR count). The van der Waals surface area contributed by atoms with Crippen LogP contribution in [0.15, 0.2) is 18.2 Å². The zero-order valence-corrected chi connectivity index (χ0v) is 18.5. The molecule has 6 nitrogen and oxygen atoms in total. The predicted molar refractivity (Wildman–Crippen MR) is 117 cm³/mol. The number of benzene rings is 1. The minimum Gasteiger partial charge on any atom is -0.493 e. The quantitative estimate of drug-likeness (QED) is 0.777. The van der Waals surface area contributed by atoms with Crippen molar-refractivity contribution in [3.8, 4) is 11.8 Å². The third-order valence-corrected chi connectivity index (χ3v) is 7.83. The van der Waals surface area contributed by atoms with Crippen LogP contribution in [-0.4, -0.2) is 55.3 Å². The highest BCUT2D eigenvalue weighted by Gasteiger charge is 2.45. The van der Waals surface area contributed by atoms with E-state index >= 15 is 0 Å². The molecule has 5 aliphatic rings. The Morgan fingerprint density at radius 1 is 1.22 bits per heavy atom. The number of halogens is 1. The first-order chi connectivity index (χ1) is 15.6. The highest BCUT2D eigenvalue weighted by atomic mass is 19.1. The van der Waals surface area contributed by atoms with Gasteiger partial charge < -0.3 is 19.7 Å². The summed E-state index contributed by atoms with van der Waals surface area (Å²) in [5, 5.41) is 13.0. The molecule has 2 bridgehead atoms. The summed E-state index contributed by atoms with van der Waals surface area (Å²) in [6.45, 7) is 2.11. The Bertz CT molecular complexity index is 889. The highest BCUT2D eigenvalue weighted by Crippen LogP contribution is 2.44. The first-order valence-electron chi connectivity index (χ1n) is 12.1. The Morgan fingerprint density at radius 3 is 2.78 bits per heavy atom. The van der Waals surface area contributed by atoms with Crippen molar-refractivity contribution in [2.45, 2.75) is 75.5 Å². The lowest BCUT2D eigenvalue weighted by molar-refractivity contribution is -0.134. The van der Waals surface area contributed by atoms with Gasteiger partial charge >= 0.3 is 0 Å². The van der Waals surface area contributed by atoms with E-state index in [-0.39, 0.29) is 54.3 Å². The van der Waals surface area contributed by atoms with Gasteiger partial charge in [0.1, 0.15) is 11.6 Å². The molecule has 3 heterocycles. The number of nitriles is 1. The van der Waals surface area contributed by atoms with Crippen molar-refractivity contribution in [1.29, 1.82) is 5.26 Å². The molecule has 1 N–H and O–H groups in total. The molecule has 32 heavy (non-hydrogen) atoms. The van der Waals surface area contributed by atoms with Crippen LogP contribution >= 0.6 is 0 Å². The Hall–Kier alpha value is -2.17. The molecule has 0 radical (unpaired) electrons. The van der Waals surface area contributed by atoms with Crippen molar-refractivity contribution in [1.82, 2.24) is 10.2 Å². The van der Waals surface area contributed by atoms with E-state index in [1.165, 1.54) is 6.07 Å². The number of nitrogens with one attached hydrogen (secondary N) is 1. The Balaban J connectivity index is 1.32. The second-order valence-electron chi connectivity index (χ2n) is 9.88. The van der Waals surface area contributed by atoms with Gasteiger partial charge in [0.05, 0.1) is 43.3 Å². The standard InChI is InChI=1S/C25H32FN3O3/c26-19-2-1-3-22-24(19)17-4-6-18(7-5-17)32-14-21-20(28-16-25(15-27)10-11-25)8-12-29(21)23(30)9-13-31-22/h1-3,17-18,20-21,28H,4-14,16H2/t17?,18?,20-,21-/m0/s1. The van der Waals surface area contributed by atoms with Gasteiger partial charge in [0, 0.05) is 24.7 Å². The lowest BCUT2D eigenvalue weighted by atomic mass is 9.82. The summed E-state index contributed by atoms with van der Waals surface area (Å²) in [4.78, 5) is 15.0. The number of carbonyl (C=O) groups is 1. The van der Waals surface area contributed by atoms with E-state index in [0.717, 1.165) is 44.9 Å². The van der Waals surface area contributed by atoms with Crippen molar-refractivity contribution >= 4 is 5.91 Å². The van der Waals surface area contributed by atoms with E-state index in [9.17, 15) is 14.4 Å². The van der Waals surface area contributed by atoms with Gasteiger partial charge in [-0.3, -0.25) is 4.79 Å². The molecule has 1 aromatic carbocycles. The zero-order valence-electron chi connectivity index (χ0n) is 18.5. The maximum atomic E-state index is 14.7. The molecule has 3 aliphatic heterocycles. The average Bonchev–Trinajstić information content (AvgIpc) is 3.48. The molecule has 0 spiro atoms. The molecule has 1 aromatic rings. The topological polar surface area (TPSA) is 74.6 Å². The number of hydrogen-bond acceptors (Lipinski definition) is 5. The fourth-order valence-electron chi connectivity index (χ4n) is 5.60. The SMILES string of the molecule is N#CC1(CN[C@H]2CCN3C(=O)CCOc4cccc(F)c4C4CCC(CC4)OC[C@@H]23)CC1. The number of fused-ring (bicyclic) bond motifs is 6. The van der Waals surface area contributed by atoms with Gasteiger partial charge in [-0.2, -0.15) is 5.26 Å². The zero-order chi connectivity index (χ0) is 22.1. The number of ether oxygens (including phenoxy) is 2. The van der Waals surface area contributed by atoms with Crippen LogP contribution in [0.5, 0.6) is 5.75 Å².